The topological polar surface area (TPSA) is 111 Å². The number of unbranched alkanes of at least 4 members (excludes halogenated alkanes) is 45. The molecule has 0 bridgehead atoms. The summed E-state index contributed by atoms with van der Waals surface area (Å²) in [5.74, 6) is -2.25. The van der Waals surface area contributed by atoms with Crippen molar-refractivity contribution in [3.8, 4) is 0 Å². The highest BCUT2D eigenvalue weighted by Crippen LogP contribution is 2.19. The van der Waals surface area contributed by atoms with Crippen molar-refractivity contribution in [1.29, 1.82) is 0 Å². The maximum absolute atomic E-state index is 13.0. The van der Waals surface area contributed by atoms with Gasteiger partial charge in [-0.2, -0.15) is 0 Å². The van der Waals surface area contributed by atoms with Crippen molar-refractivity contribution in [3.63, 3.8) is 0 Å². The average Bonchev–Trinajstić information content (AvgIpc) is 3.56. The molecule has 0 rings (SSSR count). The van der Waals surface area contributed by atoms with E-state index in [4.69, 9.17) is 18.9 Å². The molecule has 0 radical (unpaired) electrons. The van der Waals surface area contributed by atoms with Gasteiger partial charge in [0.05, 0.1) is 40.3 Å². The van der Waals surface area contributed by atoms with Crippen LogP contribution in [0.5, 0.6) is 0 Å². The van der Waals surface area contributed by atoms with Crippen LogP contribution in [-0.2, 0) is 33.3 Å². The Morgan fingerprint density at radius 2 is 0.655 bits per heavy atom. The number of hydrogen-bond acceptors (Lipinski definition) is 8. The summed E-state index contributed by atoms with van der Waals surface area (Å²) in [6, 6.07) is 0. The standard InChI is InChI=1S/C78H143NO8/c1-6-8-10-12-14-16-18-20-22-24-26-28-30-32-34-35-36-37-38-39-40-41-43-45-47-49-51-53-55-57-59-61-63-65-67-69-76(81)87-74(73-86-78(77(82)83)84-71-70-79(3,4)5)72-85-75(80)68-66-64-62-60-58-56-54-52-50-48-46-44-42-33-31-29-27-25-23-21-19-17-15-13-11-9-7-2/h8,10,14,16,20,22,26,28,32,34,74,78H,6-7,9,11-13,15,17-19,21,23-25,27,29-31,33,35-73H2,1-5H3/b10-8-,16-14-,22-20-,28-26-,34-32-. The zero-order valence-electron chi connectivity index (χ0n) is 58.2. The van der Waals surface area contributed by atoms with E-state index in [-0.39, 0.29) is 32.2 Å². The Bertz CT molecular complexity index is 1610. The number of carbonyl (C=O) groups excluding carboxylic acids is 3. The molecule has 9 nitrogen and oxygen atoms in total. The minimum atomic E-state index is -1.62. The monoisotopic (exact) mass is 1220 g/mol. The lowest BCUT2D eigenvalue weighted by Gasteiger charge is -2.26. The molecule has 0 heterocycles. The highest BCUT2D eigenvalue weighted by atomic mass is 16.7. The first kappa shape index (κ1) is 84.0. The molecule has 0 N–H and O–H groups in total. The van der Waals surface area contributed by atoms with Crippen molar-refractivity contribution < 1.29 is 42.9 Å². The van der Waals surface area contributed by atoms with Gasteiger partial charge in [-0.1, -0.05) is 351 Å². The van der Waals surface area contributed by atoms with E-state index in [0.717, 1.165) is 64.2 Å². The van der Waals surface area contributed by atoms with E-state index >= 15 is 0 Å². The van der Waals surface area contributed by atoms with Gasteiger partial charge in [0, 0.05) is 12.8 Å². The van der Waals surface area contributed by atoms with Crippen molar-refractivity contribution in [2.24, 2.45) is 0 Å². The fourth-order valence-electron chi connectivity index (χ4n) is 11.1. The maximum Gasteiger partial charge on any atom is 0.306 e. The normalized spacial score (nSPS) is 13.0. The van der Waals surface area contributed by atoms with Crippen LogP contribution in [0.15, 0.2) is 60.8 Å². The SMILES string of the molecule is CC/C=C\C/C=C\C/C=C\C/C=C\C/C=C\CCCCCCCCCCCCCCCCCCCCCC(=O)OC(COC(=O)CCCCCCCCCCCCCCCCCCCCCCCCCCCCC)COC(OCC[N+](C)(C)C)C(=O)[O-]. The Kier molecular flexibility index (Phi) is 66.5. The van der Waals surface area contributed by atoms with Gasteiger partial charge >= 0.3 is 11.9 Å². The number of hydrogen-bond donors (Lipinski definition) is 0. The minimum absolute atomic E-state index is 0.150. The minimum Gasteiger partial charge on any atom is -0.545 e. The molecule has 0 spiro atoms. The first-order chi connectivity index (χ1) is 42.6. The smallest absolute Gasteiger partial charge is 0.306 e. The lowest BCUT2D eigenvalue weighted by Crippen LogP contribution is -2.44. The van der Waals surface area contributed by atoms with E-state index in [2.05, 4.69) is 74.6 Å². The molecular weight excluding hydrogens is 1080 g/mol. The molecule has 0 amide bonds. The molecule has 2 unspecified atom stereocenters. The van der Waals surface area contributed by atoms with Gasteiger partial charge in [0.25, 0.3) is 0 Å². The molecule has 0 aromatic carbocycles. The summed E-state index contributed by atoms with van der Waals surface area (Å²) in [5, 5.41) is 11.8. The number of rotatable bonds is 70. The summed E-state index contributed by atoms with van der Waals surface area (Å²) in [6.07, 6.45) is 87.5. The number of ether oxygens (including phenoxy) is 4. The Morgan fingerprint density at radius 3 is 0.977 bits per heavy atom. The van der Waals surface area contributed by atoms with Crippen molar-refractivity contribution >= 4 is 17.9 Å². The van der Waals surface area contributed by atoms with Crippen molar-refractivity contribution in [1.82, 2.24) is 0 Å². The lowest BCUT2D eigenvalue weighted by atomic mass is 10.0. The van der Waals surface area contributed by atoms with Crippen LogP contribution in [0.1, 0.15) is 361 Å². The molecule has 2 atom stereocenters. The maximum atomic E-state index is 13.0. The van der Waals surface area contributed by atoms with E-state index in [9.17, 15) is 19.5 Å². The Labute approximate surface area is 539 Å². The zero-order valence-corrected chi connectivity index (χ0v) is 58.2. The number of esters is 2. The van der Waals surface area contributed by atoms with Crippen LogP contribution in [0, 0.1) is 0 Å². The second-order valence-electron chi connectivity index (χ2n) is 26.6. The number of likely N-dealkylation sites (N-methyl/N-ethyl adjacent to an activating group) is 1. The molecule has 0 aromatic rings. The van der Waals surface area contributed by atoms with Crippen LogP contribution in [0.3, 0.4) is 0 Å². The summed E-state index contributed by atoms with van der Waals surface area (Å²) in [5.41, 5.74) is 0. The predicted octanol–water partition coefficient (Wildman–Crippen LogP) is 22.1. The molecule has 0 saturated heterocycles. The molecular formula is C78H143NO8. The molecule has 0 aliphatic carbocycles. The Morgan fingerprint density at radius 1 is 0.356 bits per heavy atom. The molecule has 9 heteroatoms. The van der Waals surface area contributed by atoms with Gasteiger partial charge in [-0.05, 0) is 57.8 Å². The van der Waals surface area contributed by atoms with Crippen LogP contribution in [0.4, 0.5) is 0 Å². The van der Waals surface area contributed by atoms with E-state index in [0.29, 0.717) is 23.9 Å². The van der Waals surface area contributed by atoms with Gasteiger partial charge in [-0.15, -0.1) is 0 Å². The number of carboxylic acids is 1. The molecule has 0 fully saturated rings. The average molecular weight is 1220 g/mol. The third-order valence-electron chi connectivity index (χ3n) is 16.8. The van der Waals surface area contributed by atoms with Crippen LogP contribution in [-0.4, -0.2) is 82.3 Å². The first-order valence-electron chi connectivity index (χ1n) is 37.4. The highest BCUT2D eigenvalue weighted by Gasteiger charge is 2.22. The molecule has 0 saturated carbocycles. The number of carboxylic acid groups (broad SMARTS) is 1. The number of allylic oxidation sites excluding steroid dienone is 10. The highest BCUT2D eigenvalue weighted by molar-refractivity contribution is 5.70. The largest absolute Gasteiger partial charge is 0.545 e. The molecule has 0 aliphatic heterocycles. The quantitative estimate of drug-likeness (QED) is 0.0195. The third kappa shape index (κ3) is 70.3. The second kappa shape index (κ2) is 68.9. The van der Waals surface area contributed by atoms with Crippen LogP contribution >= 0.6 is 0 Å². The Hall–Kier alpha value is -3.01. The summed E-state index contributed by atoms with van der Waals surface area (Å²) >= 11 is 0. The summed E-state index contributed by atoms with van der Waals surface area (Å²) < 4.78 is 22.9. The van der Waals surface area contributed by atoms with Gasteiger partial charge in [-0.3, -0.25) is 9.59 Å². The Balaban J connectivity index is 4.02. The fourth-order valence-corrected chi connectivity index (χ4v) is 11.1. The number of carbonyl (C=O) groups is 3. The molecule has 0 aromatic heterocycles. The van der Waals surface area contributed by atoms with Crippen LogP contribution in [0.2, 0.25) is 0 Å². The van der Waals surface area contributed by atoms with Crippen LogP contribution < -0.4 is 5.11 Å². The summed E-state index contributed by atoms with van der Waals surface area (Å²) in [6.45, 7) is 4.70. The summed E-state index contributed by atoms with van der Waals surface area (Å²) in [4.78, 5) is 37.5. The van der Waals surface area contributed by atoms with Gasteiger partial charge in [0.15, 0.2) is 12.4 Å². The van der Waals surface area contributed by atoms with Gasteiger partial charge in [0.1, 0.15) is 13.2 Å². The van der Waals surface area contributed by atoms with Crippen molar-refractivity contribution in [2.45, 2.75) is 373 Å². The van der Waals surface area contributed by atoms with Crippen molar-refractivity contribution in [2.75, 3.05) is 47.5 Å². The van der Waals surface area contributed by atoms with E-state index in [1.165, 1.54) is 263 Å². The van der Waals surface area contributed by atoms with Gasteiger partial charge in [-0.25, -0.2) is 0 Å². The van der Waals surface area contributed by atoms with Gasteiger partial charge < -0.3 is 33.3 Å². The second-order valence-corrected chi connectivity index (χ2v) is 26.6. The predicted molar refractivity (Wildman–Crippen MR) is 371 cm³/mol. The molecule has 508 valence electrons. The van der Waals surface area contributed by atoms with E-state index < -0.39 is 24.3 Å². The zero-order chi connectivity index (χ0) is 63.3. The molecule has 87 heavy (non-hydrogen) atoms. The molecule has 0 aliphatic rings. The van der Waals surface area contributed by atoms with Gasteiger partial charge in [0.2, 0.25) is 0 Å². The summed E-state index contributed by atoms with van der Waals surface area (Å²) in [7, 11) is 5.95. The fraction of sp³-hybridized carbons (Fsp3) is 0.833. The van der Waals surface area contributed by atoms with E-state index in [1.807, 2.05) is 21.1 Å². The van der Waals surface area contributed by atoms with E-state index in [1.54, 1.807) is 0 Å². The lowest BCUT2D eigenvalue weighted by molar-refractivity contribution is -0.870. The first-order valence-corrected chi connectivity index (χ1v) is 37.4. The number of quaternary nitrogens is 1. The van der Waals surface area contributed by atoms with Crippen LogP contribution in [0.25, 0.3) is 0 Å². The number of nitrogens with zero attached hydrogens (tertiary/aromatic N) is 1. The van der Waals surface area contributed by atoms with Crippen molar-refractivity contribution in [3.05, 3.63) is 60.8 Å². The number of aliphatic carboxylic acids is 1. The third-order valence-corrected chi connectivity index (χ3v) is 16.8.